The largest absolute Gasteiger partial charge is 0.504 e. The Morgan fingerprint density at radius 3 is 2.19 bits per heavy atom. The first-order chi connectivity index (χ1) is 27.4. The summed E-state index contributed by atoms with van der Waals surface area (Å²) in [5, 5.41) is 10.6. The highest BCUT2D eigenvalue weighted by Crippen LogP contribution is 2.66. The molecule has 1 N–H and O–H groups in total. The fourth-order valence-corrected chi connectivity index (χ4v) is 9.83. The maximum absolute atomic E-state index is 14.6. The molecule has 0 radical (unpaired) electrons. The van der Waals surface area contributed by atoms with E-state index in [9.17, 15) is 28.7 Å². The Morgan fingerprint density at radius 1 is 0.807 bits per heavy atom. The van der Waals surface area contributed by atoms with Crippen LogP contribution in [0.3, 0.4) is 0 Å². The maximum Gasteiger partial charge on any atom is 0.258 e. The number of fused-ring (bicyclic) bond motifs is 4. The van der Waals surface area contributed by atoms with Crippen LogP contribution in [0, 0.1) is 23.6 Å². The number of carbonyl (C=O) groups excluding carboxylic acids is 4. The first kappa shape index (κ1) is 38.2. The molecule has 4 amide bonds. The van der Waals surface area contributed by atoms with Crippen molar-refractivity contribution in [3.8, 4) is 23.0 Å². The van der Waals surface area contributed by atoms with Crippen LogP contribution in [0.5, 0.6) is 23.0 Å². The molecular formula is C44H37Cl2FN2O8. The van der Waals surface area contributed by atoms with Crippen LogP contribution in [-0.2, 0) is 19.2 Å². The molecule has 4 aromatic carbocycles. The van der Waals surface area contributed by atoms with Crippen LogP contribution >= 0.6 is 23.2 Å². The lowest BCUT2D eigenvalue weighted by molar-refractivity contribution is -0.125. The summed E-state index contributed by atoms with van der Waals surface area (Å²) in [6, 6.07) is 21.8. The molecule has 4 aromatic rings. The Hall–Kier alpha value is -5.65. The summed E-state index contributed by atoms with van der Waals surface area (Å²) in [6.07, 6.45) is 5.52. The Morgan fingerprint density at radius 2 is 1.51 bits per heavy atom. The predicted molar refractivity (Wildman–Crippen MR) is 213 cm³/mol. The summed E-state index contributed by atoms with van der Waals surface area (Å²) in [7, 11) is 3.17. The number of allylic oxidation sites excluding steroid dienone is 2. The number of hydrogen-bond donors (Lipinski definition) is 1. The van der Waals surface area contributed by atoms with Gasteiger partial charge in [0.15, 0.2) is 21.2 Å². The molecule has 0 unspecified atom stereocenters. The summed E-state index contributed by atoms with van der Waals surface area (Å²) in [4.78, 5) is 55.8. The second-order valence-electron chi connectivity index (χ2n) is 14.5. The van der Waals surface area contributed by atoms with Gasteiger partial charge in [-0.2, -0.15) is 0 Å². The molecule has 57 heavy (non-hydrogen) atoms. The van der Waals surface area contributed by atoms with E-state index in [-0.39, 0.29) is 36.6 Å². The number of hydrogen-bond acceptors (Lipinski definition) is 8. The molecule has 2 aliphatic carbocycles. The molecule has 0 aromatic heterocycles. The summed E-state index contributed by atoms with van der Waals surface area (Å²) in [5.41, 5.74) is 3.05. The van der Waals surface area contributed by atoms with Crippen molar-refractivity contribution in [2.24, 2.45) is 17.8 Å². The molecule has 2 heterocycles. The van der Waals surface area contributed by atoms with Crippen molar-refractivity contribution >= 4 is 70.4 Å². The number of aromatic hydroxyl groups is 1. The van der Waals surface area contributed by atoms with Crippen LogP contribution in [0.2, 0.25) is 0 Å². The van der Waals surface area contributed by atoms with E-state index < -0.39 is 62.9 Å². The second-order valence-corrected chi connectivity index (χ2v) is 15.7. The smallest absolute Gasteiger partial charge is 0.258 e. The van der Waals surface area contributed by atoms with Crippen molar-refractivity contribution in [3.05, 3.63) is 119 Å². The summed E-state index contributed by atoms with van der Waals surface area (Å²) < 4.78 is 30.5. The van der Waals surface area contributed by atoms with Crippen molar-refractivity contribution in [2.45, 2.75) is 35.4 Å². The molecule has 13 heteroatoms. The van der Waals surface area contributed by atoms with E-state index in [1.807, 2.05) is 30.4 Å². The molecule has 10 nitrogen and oxygen atoms in total. The van der Waals surface area contributed by atoms with Gasteiger partial charge >= 0.3 is 0 Å². The Balaban J connectivity index is 1.17. The summed E-state index contributed by atoms with van der Waals surface area (Å²) in [5.74, 6) is -5.33. The Kier molecular flexibility index (Phi) is 9.64. The van der Waals surface area contributed by atoms with Crippen LogP contribution < -0.4 is 24.0 Å². The molecule has 292 valence electrons. The number of phenols is 1. The molecule has 2 saturated heterocycles. The van der Waals surface area contributed by atoms with Gasteiger partial charge in [0.1, 0.15) is 17.3 Å². The molecule has 4 aliphatic rings. The van der Waals surface area contributed by atoms with Gasteiger partial charge in [-0.25, -0.2) is 9.29 Å². The highest BCUT2D eigenvalue weighted by Gasteiger charge is 2.76. The van der Waals surface area contributed by atoms with Crippen molar-refractivity contribution in [3.63, 3.8) is 0 Å². The zero-order valence-corrected chi connectivity index (χ0v) is 32.6. The van der Waals surface area contributed by atoms with Crippen LogP contribution in [0.15, 0.2) is 96.6 Å². The van der Waals surface area contributed by atoms with Gasteiger partial charge in [0.25, 0.3) is 11.8 Å². The third kappa shape index (κ3) is 5.89. The third-order valence-electron chi connectivity index (χ3n) is 11.6. The third-order valence-corrected chi connectivity index (χ3v) is 13.0. The molecule has 8 rings (SSSR count). The number of nitrogens with zero attached hydrogens (tertiary/aromatic N) is 2. The molecule has 2 aliphatic heterocycles. The van der Waals surface area contributed by atoms with Gasteiger partial charge < -0.3 is 19.3 Å². The normalized spacial score (nSPS) is 26.7. The van der Waals surface area contributed by atoms with Crippen molar-refractivity contribution in [1.29, 1.82) is 0 Å². The van der Waals surface area contributed by atoms with Crippen LogP contribution in [0.4, 0.5) is 15.8 Å². The van der Waals surface area contributed by atoms with E-state index in [1.165, 1.54) is 23.1 Å². The zero-order valence-electron chi connectivity index (χ0n) is 31.1. The van der Waals surface area contributed by atoms with E-state index in [0.29, 0.717) is 28.3 Å². The number of rotatable bonds is 9. The average Bonchev–Trinajstić information content (AvgIpc) is 3.55. The standard InChI is InChI=1S/C44H37Cl2FN2O8/c1-4-57-36-22-26(9-19-34(36)50)38-31-17-18-32-37(33(31)23-43(45)41(53)49(42(54)44(38,43)46)29-14-10-27(47)11-15-29)40(52)48(39(32)51)28-12-6-24(7-13-28)5-8-25-21-30(55-2)16-20-35(25)56-3/h5-17,19-22,32-33,37-38,50H,4,18,23H2,1-3H3/t32-,33+,37-,38-,43+,44-/m0/s1. The minimum absolute atomic E-state index is 0.0781. The molecular weight excluding hydrogens is 774 g/mol. The van der Waals surface area contributed by atoms with Crippen LogP contribution in [-0.4, -0.2) is 59.3 Å². The predicted octanol–water partition coefficient (Wildman–Crippen LogP) is 7.89. The number of methoxy groups -OCH3 is 2. The van der Waals surface area contributed by atoms with Gasteiger partial charge in [-0.05, 0) is 104 Å². The second kappa shape index (κ2) is 14.4. The lowest BCUT2D eigenvalue weighted by Crippen LogP contribution is -2.60. The monoisotopic (exact) mass is 810 g/mol. The number of alkyl halides is 2. The maximum atomic E-state index is 14.6. The molecule has 1 saturated carbocycles. The van der Waals surface area contributed by atoms with Gasteiger partial charge in [-0.15, -0.1) is 23.2 Å². The van der Waals surface area contributed by atoms with E-state index in [2.05, 4.69) is 0 Å². The minimum atomic E-state index is -2.13. The van der Waals surface area contributed by atoms with Crippen LogP contribution in [0.1, 0.15) is 42.4 Å². The summed E-state index contributed by atoms with van der Waals surface area (Å²) >= 11 is 15.0. The Labute approximate surface area is 338 Å². The van der Waals surface area contributed by atoms with Gasteiger partial charge in [0.2, 0.25) is 11.8 Å². The number of phenolic OH excluding ortho intramolecular Hbond substituents is 1. The number of ether oxygens (including phenoxy) is 3. The summed E-state index contributed by atoms with van der Waals surface area (Å²) in [6.45, 7) is 1.97. The van der Waals surface area contributed by atoms with Crippen LogP contribution in [0.25, 0.3) is 12.2 Å². The fraction of sp³-hybridized carbons (Fsp3) is 0.273. The zero-order chi connectivity index (χ0) is 40.4. The number of amides is 4. The minimum Gasteiger partial charge on any atom is -0.504 e. The molecule has 6 atom stereocenters. The molecule has 0 bridgehead atoms. The van der Waals surface area contributed by atoms with Gasteiger partial charge in [-0.1, -0.05) is 42.0 Å². The molecule has 3 fully saturated rings. The van der Waals surface area contributed by atoms with Crippen molar-refractivity contribution in [2.75, 3.05) is 30.6 Å². The lowest BCUT2D eigenvalue weighted by atomic mass is 9.56. The Bertz CT molecular complexity index is 2380. The van der Waals surface area contributed by atoms with Gasteiger partial charge in [0.05, 0.1) is 44.0 Å². The average molecular weight is 812 g/mol. The number of imide groups is 2. The van der Waals surface area contributed by atoms with Crippen molar-refractivity contribution in [1.82, 2.24) is 0 Å². The SMILES string of the molecule is CCOc1cc([C@H]2C3=CC[C@@H]4C(=O)N(c5ccc(C=Cc6cc(OC)ccc6OC)cc5)C(=O)[C@@H]4[C@@H]3C[C@@]3(Cl)C(=O)N(c4ccc(F)cc4)C(=O)[C@@]23Cl)ccc1O. The quantitative estimate of drug-likeness (QED) is 0.0785. The molecule has 0 spiro atoms. The van der Waals surface area contributed by atoms with E-state index >= 15 is 0 Å². The number of halogens is 3. The fourth-order valence-electron chi connectivity index (χ4n) is 8.90. The number of anilines is 2. The van der Waals surface area contributed by atoms with E-state index in [0.717, 1.165) is 28.2 Å². The topological polar surface area (TPSA) is 123 Å². The number of carbonyl (C=O) groups is 4. The van der Waals surface area contributed by atoms with Gasteiger partial charge in [-0.3, -0.25) is 24.1 Å². The van der Waals surface area contributed by atoms with Crippen molar-refractivity contribution < 1.29 is 42.9 Å². The number of benzene rings is 4. The lowest BCUT2D eigenvalue weighted by Gasteiger charge is -2.50. The van der Waals surface area contributed by atoms with E-state index in [1.54, 1.807) is 63.6 Å². The first-order valence-electron chi connectivity index (χ1n) is 18.4. The van der Waals surface area contributed by atoms with Gasteiger partial charge in [0, 0.05) is 11.5 Å². The first-order valence-corrected chi connectivity index (χ1v) is 19.2. The van der Waals surface area contributed by atoms with E-state index in [4.69, 9.17) is 37.4 Å². The highest BCUT2D eigenvalue weighted by atomic mass is 35.5. The highest BCUT2D eigenvalue weighted by molar-refractivity contribution is 6.58.